The smallest absolute Gasteiger partial charge is 0.414 e. The molecule has 0 radical (unpaired) electrons. The third-order valence-corrected chi connectivity index (χ3v) is 5.86. The Balaban J connectivity index is 1.30. The minimum atomic E-state index is -0.491. The second-order valence-electron chi connectivity index (χ2n) is 8.41. The highest BCUT2D eigenvalue weighted by Gasteiger charge is 2.32. The lowest BCUT2D eigenvalue weighted by molar-refractivity contribution is -0.119. The number of hydrogen-bond acceptors (Lipinski definition) is 6. The molecule has 0 bridgehead atoms. The molecule has 9 heteroatoms. The van der Waals surface area contributed by atoms with Crippen LogP contribution >= 0.6 is 0 Å². The average molecular weight is 485 g/mol. The Hall–Kier alpha value is -4.66. The number of pyridine rings is 1. The van der Waals surface area contributed by atoms with E-state index in [-0.39, 0.29) is 18.2 Å². The largest absolute Gasteiger partial charge is 0.485 e. The van der Waals surface area contributed by atoms with Gasteiger partial charge in [-0.2, -0.15) is 0 Å². The van der Waals surface area contributed by atoms with Gasteiger partial charge in [0.2, 0.25) is 11.7 Å². The topological polar surface area (TPSA) is 102 Å². The fourth-order valence-corrected chi connectivity index (χ4v) is 4.04. The number of cyclic esters (lactones) is 1. The first kappa shape index (κ1) is 23.1. The number of ether oxygens (including phenoxy) is 2. The minimum Gasteiger partial charge on any atom is -0.485 e. The molecule has 0 unspecified atom stereocenters. The van der Waals surface area contributed by atoms with E-state index in [2.05, 4.69) is 10.3 Å². The fourth-order valence-electron chi connectivity index (χ4n) is 4.04. The summed E-state index contributed by atoms with van der Waals surface area (Å²) in [7, 11) is 0. The van der Waals surface area contributed by atoms with Crippen molar-refractivity contribution in [2.75, 3.05) is 18.0 Å². The van der Waals surface area contributed by atoms with Gasteiger partial charge in [0, 0.05) is 24.4 Å². The number of rotatable bonds is 8. The maximum Gasteiger partial charge on any atom is 0.414 e. The molecule has 1 aliphatic heterocycles. The van der Waals surface area contributed by atoms with E-state index in [4.69, 9.17) is 9.47 Å². The summed E-state index contributed by atoms with van der Waals surface area (Å²) in [5, 5.41) is 2.65. The van der Waals surface area contributed by atoms with Crippen LogP contribution in [0.5, 0.6) is 5.75 Å². The van der Waals surface area contributed by atoms with E-state index in [0.29, 0.717) is 41.5 Å². The molecule has 0 spiro atoms. The zero-order chi connectivity index (χ0) is 25.1. The van der Waals surface area contributed by atoms with Gasteiger partial charge in [-0.3, -0.25) is 18.9 Å². The summed E-state index contributed by atoms with van der Waals surface area (Å²) in [5.41, 5.74) is 3.05. The van der Waals surface area contributed by atoms with Crippen molar-refractivity contribution in [3.63, 3.8) is 0 Å². The molecule has 1 saturated heterocycles. The molecule has 2 amide bonds. The van der Waals surface area contributed by atoms with Gasteiger partial charge in [0.1, 0.15) is 18.4 Å². The maximum absolute atomic E-state index is 13.3. The molecule has 36 heavy (non-hydrogen) atoms. The Morgan fingerprint density at radius 1 is 1.08 bits per heavy atom. The van der Waals surface area contributed by atoms with Crippen molar-refractivity contribution < 1.29 is 23.9 Å². The maximum atomic E-state index is 13.3. The Kier molecular flexibility index (Phi) is 6.36. The van der Waals surface area contributed by atoms with Crippen molar-refractivity contribution in [3.8, 4) is 5.75 Å². The lowest BCUT2D eigenvalue weighted by atomic mass is 10.1. The first-order valence-electron chi connectivity index (χ1n) is 11.5. The van der Waals surface area contributed by atoms with Crippen molar-refractivity contribution in [3.05, 3.63) is 95.9 Å². The number of carbonyl (C=O) groups excluding carboxylic acids is 3. The van der Waals surface area contributed by atoms with Crippen LogP contribution in [0.2, 0.25) is 0 Å². The van der Waals surface area contributed by atoms with Crippen LogP contribution in [0.25, 0.3) is 5.65 Å². The van der Waals surface area contributed by atoms with Crippen molar-refractivity contribution in [2.24, 2.45) is 0 Å². The summed E-state index contributed by atoms with van der Waals surface area (Å²) in [6, 6.07) is 20.2. The average Bonchev–Trinajstić information content (AvgIpc) is 3.50. The van der Waals surface area contributed by atoms with Crippen LogP contribution in [0.1, 0.15) is 28.5 Å². The highest BCUT2D eigenvalue weighted by molar-refractivity contribution is 6.08. The highest BCUT2D eigenvalue weighted by Crippen LogP contribution is 2.25. The summed E-state index contributed by atoms with van der Waals surface area (Å²) in [5.74, 6) is 0.188. The number of nitrogens with zero attached hydrogens (tertiary/aromatic N) is 3. The Morgan fingerprint density at radius 3 is 2.61 bits per heavy atom. The molecule has 0 aliphatic carbocycles. The number of amides is 2. The molecule has 182 valence electrons. The number of imidazole rings is 1. The number of aromatic nitrogens is 2. The molecular formula is C27H24N4O5. The number of ketones is 1. The Labute approximate surface area is 207 Å². The minimum absolute atomic E-state index is 0.186. The number of anilines is 1. The second-order valence-corrected chi connectivity index (χ2v) is 8.41. The summed E-state index contributed by atoms with van der Waals surface area (Å²) < 4.78 is 13.0. The predicted molar refractivity (Wildman–Crippen MR) is 132 cm³/mol. The first-order chi connectivity index (χ1) is 17.5. The molecule has 1 atom stereocenters. The van der Waals surface area contributed by atoms with E-state index in [1.165, 1.54) is 18.0 Å². The summed E-state index contributed by atoms with van der Waals surface area (Å²) in [4.78, 5) is 42.5. The number of nitrogens with one attached hydrogen (secondary N) is 1. The summed E-state index contributed by atoms with van der Waals surface area (Å²) in [6.45, 7) is 2.36. The molecule has 5 rings (SSSR count). The molecule has 1 aliphatic rings. The Morgan fingerprint density at radius 2 is 1.86 bits per heavy atom. The molecular weight excluding hydrogens is 460 g/mol. The van der Waals surface area contributed by atoms with Gasteiger partial charge in [-0.25, -0.2) is 9.78 Å². The van der Waals surface area contributed by atoms with E-state index < -0.39 is 12.2 Å². The third-order valence-electron chi connectivity index (χ3n) is 5.86. The van der Waals surface area contributed by atoms with Crippen LogP contribution in [0.3, 0.4) is 0 Å². The molecule has 3 heterocycles. The summed E-state index contributed by atoms with van der Waals surface area (Å²) >= 11 is 0. The van der Waals surface area contributed by atoms with E-state index in [1.807, 2.05) is 42.5 Å². The normalized spacial score (nSPS) is 15.1. The van der Waals surface area contributed by atoms with Gasteiger partial charge in [-0.15, -0.1) is 0 Å². The van der Waals surface area contributed by atoms with Crippen LogP contribution in [0, 0.1) is 0 Å². The van der Waals surface area contributed by atoms with Gasteiger partial charge in [0.05, 0.1) is 19.3 Å². The quantitative estimate of drug-likeness (QED) is 0.384. The van der Waals surface area contributed by atoms with Crippen molar-refractivity contribution in [2.45, 2.75) is 19.6 Å². The zero-order valence-electron chi connectivity index (χ0n) is 19.6. The van der Waals surface area contributed by atoms with Crippen LogP contribution in [-0.4, -0.2) is 46.4 Å². The van der Waals surface area contributed by atoms with Crippen molar-refractivity contribution in [1.82, 2.24) is 14.7 Å². The molecule has 1 N–H and O–H groups in total. The monoisotopic (exact) mass is 484 g/mol. The van der Waals surface area contributed by atoms with Gasteiger partial charge in [0.15, 0.2) is 11.4 Å². The zero-order valence-corrected chi connectivity index (χ0v) is 19.6. The standard InChI is InChI=1S/C27H24N4O5/c1-18(32)28-14-22-16-31(27(34)36-22)21-11-9-20(10-12-21)25(33)23-15-29-26-24(8-5-13-30(23)26)35-17-19-6-3-2-4-7-19/h2-13,15,22H,14,16-17H2,1H3,(H,28,32)/t22-/m0/s1. The van der Waals surface area contributed by atoms with Crippen LogP contribution < -0.4 is 15.0 Å². The first-order valence-corrected chi connectivity index (χ1v) is 11.5. The SMILES string of the molecule is CC(=O)NC[C@H]1CN(c2ccc(C(=O)c3cnc4c(OCc5ccccc5)cccn34)cc2)C(=O)O1. The highest BCUT2D eigenvalue weighted by atomic mass is 16.6. The van der Waals surface area contributed by atoms with Gasteiger partial charge < -0.3 is 14.8 Å². The van der Waals surface area contributed by atoms with Crippen molar-refractivity contribution in [1.29, 1.82) is 0 Å². The Bertz CT molecular complexity index is 1420. The molecule has 2 aromatic heterocycles. The number of fused-ring (bicyclic) bond motifs is 1. The molecule has 9 nitrogen and oxygen atoms in total. The van der Waals surface area contributed by atoms with Gasteiger partial charge in [-0.05, 0) is 42.0 Å². The molecule has 4 aromatic rings. The number of benzene rings is 2. The number of carbonyl (C=O) groups is 3. The van der Waals surface area contributed by atoms with Gasteiger partial charge >= 0.3 is 6.09 Å². The van der Waals surface area contributed by atoms with Crippen molar-refractivity contribution >= 4 is 29.1 Å². The van der Waals surface area contributed by atoms with Crippen LogP contribution in [0.4, 0.5) is 10.5 Å². The lowest BCUT2D eigenvalue weighted by Gasteiger charge is -2.13. The van der Waals surface area contributed by atoms with Gasteiger partial charge in [0.25, 0.3) is 0 Å². The van der Waals surface area contributed by atoms with Crippen LogP contribution in [0.15, 0.2) is 79.1 Å². The van der Waals surface area contributed by atoms with E-state index in [9.17, 15) is 14.4 Å². The third kappa shape index (κ3) is 4.76. The van der Waals surface area contributed by atoms with Crippen LogP contribution in [-0.2, 0) is 16.1 Å². The van der Waals surface area contributed by atoms with Gasteiger partial charge in [-0.1, -0.05) is 30.3 Å². The number of hydrogen-bond donors (Lipinski definition) is 1. The van der Waals surface area contributed by atoms with E-state index >= 15 is 0 Å². The summed E-state index contributed by atoms with van der Waals surface area (Å²) in [6.07, 6.45) is 2.38. The predicted octanol–water partition coefficient (Wildman–Crippen LogP) is 3.61. The fraction of sp³-hybridized carbons (Fsp3) is 0.185. The lowest BCUT2D eigenvalue weighted by Crippen LogP contribution is -2.33. The molecule has 1 fully saturated rings. The molecule has 0 saturated carbocycles. The second kappa shape index (κ2) is 9.91. The molecule has 2 aromatic carbocycles. The van der Waals surface area contributed by atoms with E-state index in [0.717, 1.165) is 5.56 Å². The van der Waals surface area contributed by atoms with E-state index in [1.54, 1.807) is 34.9 Å².